The summed E-state index contributed by atoms with van der Waals surface area (Å²) in [5, 5.41) is 1.32. The van der Waals surface area contributed by atoms with E-state index in [4.69, 9.17) is 32.7 Å². The van der Waals surface area contributed by atoms with E-state index in [-0.39, 0.29) is 5.56 Å². The Morgan fingerprint density at radius 1 is 1.16 bits per heavy atom. The van der Waals surface area contributed by atoms with Crippen molar-refractivity contribution in [1.82, 2.24) is 4.98 Å². The Labute approximate surface area is 120 Å². The molecule has 102 valence electrons. The molecule has 0 aliphatic rings. The van der Waals surface area contributed by atoms with Gasteiger partial charge in [-0.3, -0.25) is 4.79 Å². The molecule has 0 amide bonds. The zero-order chi connectivity index (χ0) is 13.7. The summed E-state index contributed by atoms with van der Waals surface area (Å²) < 4.78 is 10.7. The third-order valence-electron chi connectivity index (χ3n) is 2.48. The lowest BCUT2D eigenvalue weighted by atomic mass is 10.2. The van der Waals surface area contributed by atoms with E-state index in [1.807, 2.05) is 0 Å². The van der Waals surface area contributed by atoms with E-state index in [0.717, 1.165) is 5.39 Å². The van der Waals surface area contributed by atoms with Gasteiger partial charge in [0.05, 0.1) is 23.8 Å². The molecule has 0 fully saturated rings. The van der Waals surface area contributed by atoms with E-state index in [1.54, 1.807) is 18.2 Å². The van der Waals surface area contributed by atoms with Crippen LogP contribution in [0.1, 0.15) is 0 Å². The predicted octanol–water partition coefficient (Wildman–Crippen LogP) is 2.82. The Balaban J connectivity index is 2.09. The van der Waals surface area contributed by atoms with Gasteiger partial charge >= 0.3 is 0 Å². The molecule has 0 radical (unpaired) electrons. The number of pyridine rings is 1. The first kappa shape index (κ1) is 14.2. The molecular formula is C13H13Cl2NO3. The predicted molar refractivity (Wildman–Crippen MR) is 76.6 cm³/mol. The first-order chi connectivity index (χ1) is 9.20. The zero-order valence-electron chi connectivity index (χ0n) is 10.1. The number of hydrogen-bond acceptors (Lipinski definition) is 3. The Morgan fingerprint density at radius 2 is 2.00 bits per heavy atom. The Hall–Kier alpha value is -1.23. The lowest BCUT2D eigenvalue weighted by molar-refractivity contribution is 0.111. The highest BCUT2D eigenvalue weighted by Gasteiger charge is 2.04. The van der Waals surface area contributed by atoms with Crippen molar-refractivity contribution < 1.29 is 9.47 Å². The van der Waals surface area contributed by atoms with Crippen molar-refractivity contribution >= 4 is 34.1 Å². The highest BCUT2D eigenvalue weighted by Crippen LogP contribution is 2.27. The maximum absolute atomic E-state index is 11.3. The smallest absolute Gasteiger partial charge is 0.248 e. The fraction of sp³-hybridized carbons (Fsp3) is 0.308. The molecular weight excluding hydrogens is 289 g/mol. The topological polar surface area (TPSA) is 51.3 Å². The van der Waals surface area contributed by atoms with Crippen molar-refractivity contribution in [3.05, 3.63) is 39.6 Å². The van der Waals surface area contributed by atoms with Crippen LogP contribution < -0.4 is 10.3 Å². The van der Waals surface area contributed by atoms with Crippen LogP contribution in [0.25, 0.3) is 10.9 Å². The minimum absolute atomic E-state index is 0.175. The summed E-state index contributed by atoms with van der Waals surface area (Å²) in [6, 6.07) is 6.58. The second kappa shape index (κ2) is 6.80. The fourth-order valence-electron chi connectivity index (χ4n) is 1.66. The SMILES string of the molecule is O=c1ccc2c(Cl)cc(OCCOCCCl)cc2[nH]1. The summed E-state index contributed by atoms with van der Waals surface area (Å²) in [5.41, 5.74) is 0.475. The van der Waals surface area contributed by atoms with Gasteiger partial charge < -0.3 is 14.5 Å². The first-order valence-electron chi connectivity index (χ1n) is 5.80. The third kappa shape index (κ3) is 3.86. The molecule has 0 saturated carbocycles. The van der Waals surface area contributed by atoms with E-state index in [1.165, 1.54) is 6.07 Å². The molecule has 0 spiro atoms. The maximum atomic E-state index is 11.3. The Bertz CT molecular complexity index is 612. The van der Waals surface area contributed by atoms with Crippen LogP contribution in [-0.2, 0) is 4.74 Å². The molecule has 6 heteroatoms. The van der Waals surface area contributed by atoms with Crippen LogP contribution in [0.3, 0.4) is 0 Å². The van der Waals surface area contributed by atoms with E-state index >= 15 is 0 Å². The standard InChI is InChI=1S/C13H13Cl2NO3/c14-3-4-18-5-6-19-9-7-11(15)10-1-2-13(17)16-12(10)8-9/h1-2,7-8H,3-6H2,(H,16,17). The van der Waals surface area contributed by atoms with Crippen LogP contribution in [0, 0.1) is 0 Å². The van der Waals surface area contributed by atoms with Crippen molar-refractivity contribution in [2.45, 2.75) is 0 Å². The summed E-state index contributed by atoms with van der Waals surface area (Å²) in [6.45, 7) is 1.35. The molecule has 0 aliphatic heterocycles. The largest absolute Gasteiger partial charge is 0.491 e. The lowest BCUT2D eigenvalue weighted by Gasteiger charge is -2.08. The molecule has 2 rings (SSSR count). The molecule has 0 unspecified atom stereocenters. The van der Waals surface area contributed by atoms with Gasteiger partial charge in [-0.05, 0) is 12.1 Å². The van der Waals surface area contributed by atoms with Gasteiger partial charge in [0, 0.05) is 23.4 Å². The van der Waals surface area contributed by atoms with Crippen LogP contribution in [0.15, 0.2) is 29.1 Å². The second-order valence-corrected chi connectivity index (χ2v) is 4.62. The number of alkyl halides is 1. The average molecular weight is 302 g/mol. The Morgan fingerprint density at radius 3 is 2.79 bits per heavy atom. The van der Waals surface area contributed by atoms with E-state index in [9.17, 15) is 4.79 Å². The molecule has 2 aromatic rings. The van der Waals surface area contributed by atoms with Crippen LogP contribution in [0.5, 0.6) is 5.75 Å². The first-order valence-corrected chi connectivity index (χ1v) is 6.71. The van der Waals surface area contributed by atoms with E-state index < -0.39 is 0 Å². The van der Waals surface area contributed by atoms with Gasteiger partial charge in [-0.2, -0.15) is 0 Å². The fourth-order valence-corrected chi connectivity index (χ4v) is 2.04. The lowest BCUT2D eigenvalue weighted by Crippen LogP contribution is -2.08. The Kier molecular flexibility index (Phi) is 5.07. The van der Waals surface area contributed by atoms with Gasteiger partial charge in [0.25, 0.3) is 0 Å². The summed E-state index contributed by atoms with van der Waals surface area (Å²) in [6.07, 6.45) is 0. The number of aromatic amines is 1. The quantitative estimate of drug-likeness (QED) is 0.659. The second-order valence-electron chi connectivity index (χ2n) is 3.84. The third-order valence-corrected chi connectivity index (χ3v) is 2.95. The number of rotatable bonds is 6. The number of aromatic nitrogens is 1. The summed E-state index contributed by atoms with van der Waals surface area (Å²) in [5.74, 6) is 1.05. The van der Waals surface area contributed by atoms with Gasteiger partial charge in [0.15, 0.2) is 0 Å². The van der Waals surface area contributed by atoms with Gasteiger partial charge in [-0.15, -0.1) is 11.6 Å². The molecule has 0 saturated heterocycles. The van der Waals surface area contributed by atoms with E-state index in [2.05, 4.69) is 4.98 Å². The number of fused-ring (bicyclic) bond motifs is 1. The van der Waals surface area contributed by atoms with Gasteiger partial charge in [0.2, 0.25) is 5.56 Å². The highest BCUT2D eigenvalue weighted by atomic mass is 35.5. The van der Waals surface area contributed by atoms with Crippen molar-refractivity contribution in [3.63, 3.8) is 0 Å². The normalized spacial score (nSPS) is 10.8. The summed E-state index contributed by atoms with van der Waals surface area (Å²) in [7, 11) is 0. The summed E-state index contributed by atoms with van der Waals surface area (Å²) in [4.78, 5) is 14.0. The average Bonchev–Trinajstić information content (AvgIpc) is 2.38. The van der Waals surface area contributed by atoms with Gasteiger partial charge in [0.1, 0.15) is 12.4 Å². The molecule has 1 aromatic carbocycles. The van der Waals surface area contributed by atoms with Crippen molar-refractivity contribution in [3.8, 4) is 5.75 Å². The molecule has 0 atom stereocenters. The van der Waals surface area contributed by atoms with Crippen LogP contribution >= 0.6 is 23.2 Å². The van der Waals surface area contributed by atoms with Crippen LogP contribution in [0.4, 0.5) is 0 Å². The van der Waals surface area contributed by atoms with Crippen molar-refractivity contribution in [1.29, 1.82) is 0 Å². The molecule has 1 aromatic heterocycles. The molecule has 0 bridgehead atoms. The highest BCUT2D eigenvalue weighted by molar-refractivity contribution is 6.35. The molecule has 19 heavy (non-hydrogen) atoms. The molecule has 1 N–H and O–H groups in total. The number of H-pyrrole nitrogens is 1. The van der Waals surface area contributed by atoms with Crippen molar-refractivity contribution in [2.75, 3.05) is 25.7 Å². The number of benzene rings is 1. The molecule has 0 aliphatic carbocycles. The number of nitrogens with one attached hydrogen (secondary N) is 1. The molecule has 1 heterocycles. The monoisotopic (exact) mass is 301 g/mol. The molecule has 4 nitrogen and oxygen atoms in total. The maximum Gasteiger partial charge on any atom is 0.248 e. The number of ether oxygens (including phenoxy) is 2. The minimum atomic E-state index is -0.175. The van der Waals surface area contributed by atoms with E-state index in [0.29, 0.717) is 42.0 Å². The summed E-state index contributed by atoms with van der Waals surface area (Å²) >= 11 is 11.6. The van der Waals surface area contributed by atoms with Gasteiger partial charge in [-0.25, -0.2) is 0 Å². The van der Waals surface area contributed by atoms with Crippen molar-refractivity contribution in [2.24, 2.45) is 0 Å². The van der Waals surface area contributed by atoms with Crippen LogP contribution in [-0.4, -0.2) is 30.7 Å². The minimum Gasteiger partial charge on any atom is -0.491 e. The van der Waals surface area contributed by atoms with Gasteiger partial charge in [-0.1, -0.05) is 11.6 Å². The number of halogens is 2. The zero-order valence-corrected chi connectivity index (χ0v) is 11.6. The number of hydrogen-bond donors (Lipinski definition) is 1. The van der Waals surface area contributed by atoms with Crippen LogP contribution in [0.2, 0.25) is 5.02 Å².